The Morgan fingerprint density at radius 2 is 2.21 bits per heavy atom. The Balaban J connectivity index is 2.44. The van der Waals surface area contributed by atoms with Crippen LogP contribution in [0, 0.1) is 0 Å². The second kappa shape index (κ2) is 4.03. The predicted octanol–water partition coefficient (Wildman–Crippen LogP) is 2.92. The van der Waals surface area contributed by atoms with E-state index in [0.29, 0.717) is 12.2 Å². The minimum absolute atomic E-state index is 0.00347. The van der Waals surface area contributed by atoms with Crippen molar-refractivity contribution in [3.05, 3.63) is 29.3 Å². The van der Waals surface area contributed by atoms with Crippen molar-refractivity contribution >= 4 is 37.6 Å². The molecule has 0 amide bonds. The van der Waals surface area contributed by atoms with Crippen LogP contribution in [-0.4, -0.2) is 16.1 Å². The lowest BCUT2D eigenvalue weighted by atomic mass is 10.1. The topological polar surface area (TPSA) is 26.3 Å². The Bertz CT molecular complexity index is 374. The highest BCUT2D eigenvalue weighted by molar-refractivity contribution is 9.25. The molecule has 0 radical (unpaired) electrons. The van der Waals surface area contributed by atoms with Crippen molar-refractivity contribution in [1.82, 2.24) is 0 Å². The first kappa shape index (κ1) is 10.2. The van der Waals surface area contributed by atoms with Crippen LogP contribution in [0.4, 0.5) is 0 Å². The molecule has 4 heteroatoms. The summed E-state index contributed by atoms with van der Waals surface area (Å²) in [6.45, 7) is 0.675. The number of benzene rings is 1. The maximum atomic E-state index is 11.7. The summed E-state index contributed by atoms with van der Waals surface area (Å²) in [6, 6.07) is 5.68. The van der Waals surface area contributed by atoms with Gasteiger partial charge in [-0.05, 0) is 11.6 Å². The monoisotopic (exact) mass is 318 g/mol. The number of rotatable bonds is 2. The molecule has 1 aliphatic rings. The van der Waals surface area contributed by atoms with E-state index in [1.807, 2.05) is 12.1 Å². The molecule has 14 heavy (non-hydrogen) atoms. The van der Waals surface area contributed by atoms with Crippen molar-refractivity contribution in [1.29, 1.82) is 0 Å². The summed E-state index contributed by atoms with van der Waals surface area (Å²) in [7, 11) is 0. The molecule has 0 saturated heterocycles. The minimum Gasteiger partial charge on any atom is -0.492 e. The molecule has 0 atom stereocenters. The summed E-state index contributed by atoms with van der Waals surface area (Å²) in [5.74, 6) is 0.755. The summed E-state index contributed by atoms with van der Waals surface area (Å²) in [5, 5.41) is 0. The first-order chi connectivity index (χ1) is 6.70. The highest BCUT2D eigenvalue weighted by Gasteiger charge is 2.23. The van der Waals surface area contributed by atoms with E-state index in [1.165, 1.54) is 0 Å². The van der Waals surface area contributed by atoms with Crippen LogP contribution in [0.5, 0.6) is 5.75 Å². The lowest BCUT2D eigenvalue weighted by Crippen LogP contribution is -2.08. The smallest absolute Gasteiger partial charge is 0.190 e. The molecule has 0 saturated carbocycles. The van der Waals surface area contributed by atoms with Crippen molar-refractivity contribution in [2.45, 2.75) is 10.2 Å². The Hall–Kier alpha value is -0.350. The van der Waals surface area contributed by atoms with E-state index < -0.39 is 0 Å². The maximum Gasteiger partial charge on any atom is 0.190 e. The van der Waals surface area contributed by atoms with Crippen LogP contribution in [0.25, 0.3) is 0 Å². The normalized spacial score (nSPS) is 13.9. The molecule has 1 heterocycles. The van der Waals surface area contributed by atoms with Gasteiger partial charge in [-0.25, -0.2) is 0 Å². The third-order valence-corrected chi connectivity index (χ3v) is 3.01. The summed E-state index contributed by atoms with van der Waals surface area (Å²) in [4.78, 5) is 11.7. The number of Topliss-reactive ketones (excluding diaryl/α,β-unsaturated/α-hetero) is 1. The largest absolute Gasteiger partial charge is 0.492 e. The SMILES string of the molecule is O=C(c1cccc2c1OCC2)C(Br)Br. The molecule has 0 N–H and O–H groups in total. The third kappa shape index (κ3) is 1.73. The Morgan fingerprint density at radius 1 is 1.43 bits per heavy atom. The van der Waals surface area contributed by atoms with Crippen LogP contribution in [0.2, 0.25) is 0 Å². The first-order valence-corrected chi connectivity index (χ1v) is 6.10. The molecule has 0 bridgehead atoms. The van der Waals surface area contributed by atoms with Crippen molar-refractivity contribution in [2.75, 3.05) is 6.61 Å². The Morgan fingerprint density at radius 3 is 2.93 bits per heavy atom. The van der Waals surface area contributed by atoms with Crippen LogP contribution in [0.3, 0.4) is 0 Å². The van der Waals surface area contributed by atoms with Gasteiger partial charge in [0.1, 0.15) is 9.49 Å². The standard InChI is InChI=1S/C10H8Br2O2/c11-10(12)8(13)7-3-1-2-6-4-5-14-9(6)7/h1-3,10H,4-5H2. The van der Waals surface area contributed by atoms with Crippen molar-refractivity contribution in [3.8, 4) is 5.75 Å². The molecule has 0 aliphatic carbocycles. The first-order valence-electron chi connectivity index (χ1n) is 4.27. The zero-order valence-electron chi connectivity index (χ0n) is 7.30. The summed E-state index contributed by atoms with van der Waals surface area (Å²) in [5.41, 5.74) is 1.77. The van der Waals surface area contributed by atoms with Gasteiger partial charge in [-0.1, -0.05) is 44.0 Å². The van der Waals surface area contributed by atoms with Crippen LogP contribution in [0.15, 0.2) is 18.2 Å². The number of para-hydroxylation sites is 1. The fourth-order valence-corrected chi connectivity index (χ4v) is 2.02. The molecule has 0 aromatic heterocycles. The number of hydrogen-bond acceptors (Lipinski definition) is 2. The molecular weight excluding hydrogens is 312 g/mol. The summed E-state index contributed by atoms with van der Waals surface area (Å²) < 4.78 is 5.10. The van der Waals surface area contributed by atoms with Gasteiger partial charge in [0.15, 0.2) is 5.78 Å². The molecule has 0 fully saturated rings. The lowest BCUT2D eigenvalue weighted by Gasteiger charge is -2.07. The fourth-order valence-electron chi connectivity index (χ4n) is 1.53. The van der Waals surface area contributed by atoms with Crippen LogP contribution < -0.4 is 4.74 Å². The zero-order chi connectivity index (χ0) is 10.1. The molecule has 74 valence electrons. The minimum atomic E-state index is -0.342. The van der Waals surface area contributed by atoms with E-state index in [2.05, 4.69) is 31.9 Å². The van der Waals surface area contributed by atoms with Crippen LogP contribution >= 0.6 is 31.9 Å². The highest BCUT2D eigenvalue weighted by Crippen LogP contribution is 2.31. The average molecular weight is 320 g/mol. The van der Waals surface area contributed by atoms with E-state index in [9.17, 15) is 4.79 Å². The van der Waals surface area contributed by atoms with Crippen molar-refractivity contribution < 1.29 is 9.53 Å². The molecule has 2 nitrogen and oxygen atoms in total. The quantitative estimate of drug-likeness (QED) is 0.619. The molecule has 1 aromatic carbocycles. The zero-order valence-corrected chi connectivity index (χ0v) is 10.5. The number of hydrogen-bond donors (Lipinski definition) is 0. The Labute approximate surface area is 98.9 Å². The molecule has 2 rings (SSSR count). The summed E-state index contributed by atoms with van der Waals surface area (Å²) in [6.07, 6.45) is 0.895. The van der Waals surface area contributed by atoms with Gasteiger partial charge < -0.3 is 4.74 Å². The van der Waals surface area contributed by atoms with Crippen LogP contribution in [-0.2, 0) is 6.42 Å². The van der Waals surface area contributed by atoms with E-state index in [1.54, 1.807) is 6.07 Å². The van der Waals surface area contributed by atoms with Gasteiger partial charge in [0.25, 0.3) is 0 Å². The maximum absolute atomic E-state index is 11.7. The Kier molecular flexibility index (Phi) is 2.93. The second-order valence-corrected chi connectivity index (χ2v) is 6.12. The number of alkyl halides is 2. The predicted molar refractivity (Wildman–Crippen MR) is 61.6 cm³/mol. The van der Waals surface area contributed by atoms with E-state index in [-0.39, 0.29) is 9.52 Å². The molecule has 1 aliphatic heterocycles. The van der Waals surface area contributed by atoms with Gasteiger partial charge >= 0.3 is 0 Å². The molecular formula is C10H8Br2O2. The lowest BCUT2D eigenvalue weighted by molar-refractivity contribution is 0.101. The van der Waals surface area contributed by atoms with E-state index in [4.69, 9.17) is 4.74 Å². The molecule has 0 spiro atoms. The highest BCUT2D eigenvalue weighted by atomic mass is 79.9. The van der Waals surface area contributed by atoms with E-state index in [0.717, 1.165) is 17.7 Å². The second-order valence-electron chi connectivity index (χ2n) is 3.06. The van der Waals surface area contributed by atoms with Gasteiger partial charge in [0, 0.05) is 6.42 Å². The number of ether oxygens (including phenoxy) is 1. The number of halogens is 2. The average Bonchev–Trinajstić information content (AvgIpc) is 2.63. The van der Waals surface area contributed by atoms with Crippen molar-refractivity contribution in [2.24, 2.45) is 0 Å². The van der Waals surface area contributed by atoms with Crippen molar-refractivity contribution in [3.63, 3.8) is 0 Å². The van der Waals surface area contributed by atoms with Gasteiger partial charge in [-0.2, -0.15) is 0 Å². The van der Waals surface area contributed by atoms with E-state index >= 15 is 0 Å². The summed E-state index contributed by atoms with van der Waals surface area (Å²) >= 11 is 6.39. The number of fused-ring (bicyclic) bond motifs is 1. The third-order valence-electron chi connectivity index (χ3n) is 2.18. The number of carbonyl (C=O) groups excluding carboxylic acids is 1. The number of ketones is 1. The van der Waals surface area contributed by atoms with Gasteiger partial charge in [0.2, 0.25) is 0 Å². The van der Waals surface area contributed by atoms with Gasteiger partial charge in [-0.3, -0.25) is 4.79 Å². The van der Waals surface area contributed by atoms with Gasteiger partial charge in [0.05, 0.1) is 12.2 Å². The number of carbonyl (C=O) groups is 1. The van der Waals surface area contributed by atoms with Gasteiger partial charge in [-0.15, -0.1) is 0 Å². The molecule has 1 aromatic rings. The fraction of sp³-hybridized carbons (Fsp3) is 0.300. The van der Waals surface area contributed by atoms with Crippen LogP contribution in [0.1, 0.15) is 15.9 Å². The molecule has 0 unspecified atom stereocenters.